The minimum Gasteiger partial charge on any atom is -0.471 e. The van der Waals surface area contributed by atoms with Gasteiger partial charge in [-0.3, -0.25) is 4.98 Å². The Morgan fingerprint density at radius 2 is 2.00 bits per heavy atom. The predicted octanol–water partition coefficient (Wildman–Crippen LogP) is 0.297. The summed E-state index contributed by atoms with van der Waals surface area (Å²) in [7, 11) is 2.09. The molecule has 3 heterocycles. The zero-order chi connectivity index (χ0) is 14.7. The van der Waals surface area contributed by atoms with Crippen molar-refractivity contribution >= 4 is 6.03 Å². The molecule has 1 aromatic rings. The van der Waals surface area contributed by atoms with Gasteiger partial charge in [-0.25, -0.2) is 9.78 Å². The van der Waals surface area contributed by atoms with Crippen LogP contribution in [0.25, 0.3) is 0 Å². The van der Waals surface area contributed by atoms with E-state index in [0.717, 1.165) is 39.1 Å². The molecular formula is C14H21N5O2. The molecule has 2 fully saturated rings. The number of rotatable bonds is 2. The smallest absolute Gasteiger partial charge is 0.320 e. The minimum atomic E-state index is 0.0121. The van der Waals surface area contributed by atoms with E-state index in [-0.39, 0.29) is 12.1 Å². The molecular weight excluding hydrogens is 270 g/mol. The lowest BCUT2D eigenvalue weighted by Crippen LogP contribution is -2.51. The summed E-state index contributed by atoms with van der Waals surface area (Å²) in [5.74, 6) is 0.524. The maximum atomic E-state index is 12.5. The number of hydrogen-bond acceptors (Lipinski definition) is 5. The number of carbonyl (C=O) groups excluding carboxylic acids is 1. The molecule has 0 bridgehead atoms. The minimum absolute atomic E-state index is 0.0121. The van der Waals surface area contributed by atoms with E-state index in [9.17, 15) is 4.79 Å². The molecule has 3 rings (SSSR count). The number of piperazine rings is 1. The van der Waals surface area contributed by atoms with Crippen LogP contribution in [-0.2, 0) is 0 Å². The van der Waals surface area contributed by atoms with Gasteiger partial charge in [0.15, 0.2) is 0 Å². The Morgan fingerprint density at radius 3 is 2.71 bits per heavy atom. The van der Waals surface area contributed by atoms with Crippen LogP contribution < -0.4 is 4.74 Å². The van der Waals surface area contributed by atoms with E-state index in [4.69, 9.17) is 4.74 Å². The number of likely N-dealkylation sites (N-methyl/N-ethyl adjacent to an activating group) is 1. The average Bonchev–Trinajstić information content (AvgIpc) is 2.97. The Morgan fingerprint density at radius 1 is 1.19 bits per heavy atom. The van der Waals surface area contributed by atoms with E-state index in [0.29, 0.717) is 12.4 Å². The quantitative estimate of drug-likeness (QED) is 0.784. The van der Waals surface area contributed by atoms with Crippen LogP contribution in [0, 0.1) is 0 Å². The highest BCUT2D eigenvalue weighted by molar-refractivity contribution is 5.75. The summed E-state index contributed by atoms with van der Waals surface area (Å²) in [5, 5.41) is 0. The predicted molar refractivity (Wildman–Crippen MR) is 77.1 cm³/mol. The van der Waals surface area contributed by atoms with Crippen molar-refractivity contribution in [2.45, 2.75) is 12.5 Å². The van der Waals surface area contributed by atoms with Crippen LogP contribution >= 0.6 is 0 Å². The average molecular weight is 291 g/mol. The Balaban J connectivity index is 1.51. The highest BCUT2D eigenvalue weighted by Crippen LogP contribution is 2.17. The fraction of sp³-hybridized carbons (Fsp3) is 0.643. The molecule has 0 aromatic carbocycles. The first-order valence-electron chi connectivity index (χ1n) is 7.37. The van der Waals surface area contributed by atoms with Crippen molar-refractivity contribution < 1.29 is 9.53 Å². The lowest BCUT2D eigenvalue weighted by Gasteiger charge is -2.34. The van der Waals surface area contributed by atoms with Gasteiger partial charge in [0.1, 0.15) is 6.10 Å². The van der Waals surface area contributed by atoms with Crippen molar-refractivity contribution in [2.24, 2.45) is 0 Å². The first-order chi connectivity index (χ1) is 10.2. The van der Waals surface area contributed by atoms with Gasteiger partial charge >= 0.3 is 6.03 Å². The van der Waals surface area contributed by atoms with Crippen LogP contribution in [0.2, 0.25) is 0 Å². The van der Waals surface area contributed by atoms with Gasteiger partial charge in [-0.1, -0.05) is 0 Å². The summed E-state index contributed by atoms with van der Waals surface area (Å²) < 4.78 is 5.77. The lowest BCUT2D eigenvalue weighted by atomic mass is 10.3. The molecule has 0 radical (unpaired) electrons. The first-order valence-corrected chi connectivity index (χ1v) is 7.37. The number of ether oxygens (including phenoxy) is 1. The Labute approximate surface area is 124 Å². The zero-order valence-electron chi connectivity index (χ0n) is 12.3. The molecule has 0 N–H and O–H groups in total. The van der Waals surface area contributed by atoms with Gasteiger partial charge < -0.3 is 19.4 Å². The van der Waals surface area contributed by atoms with Crippen molar-refractivity contribution in [3.05, 3.63) is 18.6 Å². The summed E-state index contributed by atoms with van der Waals surface area (Å²) in [5.41, 5.74) is 0. The zero-order valence-corrected chi connectivity index (χ0v) is 12.3. The largest absolute Gasteiger partial charge is 0.471 e. The summed E-state index contributed by atoms with van der Waals surface area (Å²) >= 11 is 0. The van der Waals surface area contributed by atoms with Crippen LogP contribution in [0.3, 0.4) is 0 Å². The fourth-order valence-electron chi connectivity index (χ4n) is 2.71. The van der Waals surface area contributed by atoms with Crippen molar-refractivity contribution in [3.8, 4) is 5.88 Å². The van der Waals surface area contributed by atoms with Gasteiger partial charge in [-0.05, 0) is 7.05 Å². The molecule has 2 aliphatic heterocycles. The standard InChI is InChI=1S/C14H21N5O2/c1-17-6-8-18(9-7-17)14(20)19-5-2-12(11-19)21-13-10-15-3-4-16-13/h3-4,10,12H,2,5-9,11H2,1H3. The molecule has 0 aliphatic carbocycles. The third-order valence-electron chi connectivity index (χ3n) is 4.02. The second-order valence-corrected chi connectivity index (χ2v) is 5.59. The Bertz CT molecular complexity index is 476. The maximum Gasteiger partial charge on any atom is 0.320 e. The number of likely N-dealkylation sites (tertiary alicyclic amines) is 1. The van der Waals surface area contributed by atoms with Gasteiger partial charge in [0.2, 0.25) is 5.88 Å². The molecule has 0 saturated carbocycles. The number of nitrogens with zero attached hydrogens (tertiary/aromatic N) is 5. The van der Waals surface area contributed by atoms with Gasteiger partial charge in [-0.15, -0.1) is 0 Å². The molecule has 0 spiro atoms. The van der Waals surface area contributed by atoms with Crippen molar-refractivity contribution in [1.82, 2.24) is 24.7 Å². The Hall–Kier alpha value is -1.89. The number of urea groups is 1. The van der Waals surface area contributed by atoms with Crippen LogP contribution in [0.4, 0.5) is 4.79 Å². The van der Waals surface area contributed by atoms with Crippen LogP contribution in [0.15, 0.2) is 18.6 Å². The van der Waals surface area contributed by atoms with Crippen LogP contribution in [0.1, 0.15) is 6.42 Å². The van der Waals surface area contributed by atoms with E-state index in [2.05, 4.69) is 21.9 Å². The molecule has 1 atom stereocenters. The topological polar surface area (TPSA) is 61.8 Å². The third-order valence-corrected chi connectivity index (χ3v) is 4.02. The molecule has 1 aromatic heterocycles. The Kier molecular flexibility index (Phi) is 4.19. The molecule has 7 nitrogen and oxygen atoms in total. The van der Waals surface area contributed by atoms with E-state index in [1.165, 1.54) is 0 Å². The summed E-state index contributed by atoms with van der Waals surface area (Å²) in [6.45, 7) is 4.87. The molecule has 1 unspecified atom stereocenters. The molecule has 2 aliphatic rings. The van der Waals surface area contributed by atoms with Crippen molar-refractivity contribution in [2.75, 3.05) is 46.3 Å². The number of hydrogen-bond donors (Lipinski definition) is 0. The van der Waals surface area contributed by atoms with Crippen LogP contribution in [-0.4, -0.2) is 83.1 Å². The second-order valence-electron chi connectivity index (χ2n) is 5.59. The number of carbonyl (C=O) groups is 1. The van der Waals surface area contributed by atoms with Crippen molar-refractivity contribution in [1.29, 1.82) is 0 Å². The normalized spacial score (nSPS) is 23.4. The SMILES string of the molecule is CN1CCN(C(=O)N2CCC(Oc3cnccn3)C2)CC1. The number of aromatic nitrogens is 2. The maximum absolute atomic E-state index is 12.5. The molecule has 2 amide bonds. The van der Waals surface area contributed by atoms with Gasteiger partial charge in [0.05, 0.1) is 12.7 Å². The number of amides is 2. The molecule has 21 heavy (non-hydrogen) atoms. The third kappa shape index (κ3) is 3.41. The second kappa shape index (κ2) is 6.26. The summed E-state index contributed by atoms with van der Waals surface area (Å²) in [6, 6.07) is 0.133. The molecule has 114 valence electrons. The summed E-state index contributed by atoms with van der Waals surface area (Å²) in [6.07, 6.45) is 5.68. The van der Waals surface area contributed by atoms with E-state index >= 15 is 0 Å². The van der Waals surface area contributed by atoms with Crippen LogP contribution in [0.5, 0.6) is 5.88 Å². The van der Waals surface area contributed by atoms with Gasteiger partial charge in [-0.2, -0.15) is 0 Å². The van der Waals surface area contributed by atoms with Gasteiger partial charge in [0, 0.05) is 51.5 Å². The highest BCUT2D eigenvalue weighted by atomic mass is 16.5. The van der Waals surface area contributed by atoms with E-state index in [1.807, 2.05) is 9.80 Å². The lowest BCUT2D eigenvalue weighted by molar-refractivity contribution is 0.123. The highest BCUT2D eigenvalue weighted by Gasteiger charge is 2.31. The summed E-state index contributed by atoms with van der Waals surface area (Å²) in [4.78, 5) is 26.6. The van der Waals surface area contributed by atoms with Crippen molar-refractivity contribution in [3.63, 3.8) is 0 Å². The van der Waals surface area contributed by atoms with Gasteiger partial charge in [0.25, 0.3) is 0 Å². The first kappa shape index (κ1) is 14.1. The fourth-order valence-corrected chi connectivity index (χ4v) is 2.71. The molecule has 2 saturated heterocycles. The monoisotopic (exact) mass is 291 g/mol. The molecule has 7 heteroatoms. The van der Waals surface area contributed by atoms with E-state index in [1.54, 1.807) is 18.6 Å². The van der Waals surface area contributed by atoms with E-state index < -0.39 is 0 Å².